The number of hydrogen-bond donors (Lipinski definition) is 2. The third-order valence-corrected chi connectivity index (χ3v) is 4.67. The van der Waals surface area contributed by atoms with Crippen molar-refractivity contribution in [1.29, 1.82) is 0 Å². The van der Waals surface area contributed by atoms with Gasteiger partial charge in [-0.2, -0.15) is 5.10 Å². The first-order chi connectivity index (χ1) is 11.3. The van der Waals surface area contributed by atoms with E-state index in [-0.39, 0.29) is 0 Å². The van der Waals surface area contributed by atoms with E-state index in [1.54, 1.807) is 11.8 Å². The molecule has 2 N–H and O–H groups in total. The van der Waals surface area contributed by atoms with Gasteiger partial charge in [-0.15, -0.1) is 0 Å². The molecule has 0 fully saturated rings. The Bertz CT molecular complexity index is 906. The first-order valence-electron chi connectivity index (χ1n) is 7.47. The number of H-pyrrole nitrogens is 1. The van der Waals surface area contributed by atoms with Gasteiger partial charge in [0, 0.05) is 28.4 Å². The predicted molar refractivity (Wildman–Crippen MR) is 98.7 cm³/mol. The summed E-state index contributed by atoms with van der Waals surface area (Å²) < 4.78 is 0. The molecule has 0 atom stereocenters. The molecule has 0 amide bonds. The number of nitrogens with zero attached hydrogens (tertiary/aromatic N) is 2. The zero-order chi connectivity index (χ0) is 15.6. The number of rotatable bonds is 2. The van der Waals surface area contributed by atoms with Crippen molar-refractivity contribution in [2.75, 3.05) is 5.75 Å². The van der Waals surface area contributed by atoms with Gasteiger partial charge in [-0.25, -0.2) is 4.99 Å². The SMILES string of the molecule is Cc1ccc(N=C2NN=C(c3c[nH]c4ccccc34)CS2)cc1. The van der Waals surface area contributed by atoms with Crippen LogP contribution in [0.1, 0.15) is 11.1 Å². The van der Waals surface area contributed by atoms with E-state index in [0.29, 0.717) is 0 Å². The van der Waals surface area contributed by atoms with Gasteiger partial charge in [-0.3, -0.25) is 5.43 Å². The number of hydrogen-bond acceptors (Lipinski definition) is 3. The molecule has 1 aromatic heterocycles. The molecular weight excluding hydrogens is 304 g/mol. The van der Waals surface area contributed by atoms with E-state index in [1.165, 1.54) is 10.9 Å². The molecule has 1 aliphatic heterocycles. The van der Waals surface area contributed by atoms with Crippen molar-refractivity contribution in [3.63, 3.8) is 0 Å². The largest absolute Gasteiger partial charge is 0.360 e. The van der Waals surface area contributed by atoms with Gasteiger partial charge in [0.05, 0.1) is 11.4 Å². The Morgan fingerprint density at radius 3 is 2.70 bits per heavy atom. The van der Waals surface area contributed by atoms with E-state index >= 15 is 0 Å². The topological polar surface area (TPSA) is 52.5 Å². The highest BCUT2D eigenvalue weighted by Crippen LogP contribution is 2.23. The van der Waals surface area contributed by atoms with Gasteiger partial charge < -0.3 is 4.98 Å². The third-order valence-electron chi connectivity index (χ3n) is 3.80. The van der Waals surface area contributed by atoms with Gasteiger partial charge in [0.2, 0.25) is 0 Å². The summed E-state index contributed by atoms with van der Waals surface area (Å²) >= 11 is 1.67. The summed E-state index contributed by atoms with van der Waals surface area (Å²) in [7, 11) is 0. The number of aryl methyl sites for hydroxylation is 1. The molecule has 1 aliphatic rings. The monoisotopic (exact) mass is 320 g/mol. The Labute approximate surface area is 138 Å². The number of hydrazone groups is 1. The van der Waals surface area contributed by atoms with Crippen molar-refractivity contribution >= 4 is 39.2 Å². The average molecular weight is 320 g/mol. The Hall–Kier alpha value is -2.53. The van der Waals surface area contributed by atoms with Crippen LogP contribution >= 0.6 is 11.8 Å². The summed E-state index contributed by atoms with van der Waals surface area (Å²) in [5, 5.41) is 6.54. The van der Waals surface area contributed by atoms with E-state index in [9.17, 15) is 0 Å². The van der Waals surface area contributed by atoms with Crippen molar-refractivity contribution in [3.05, 3.63) is 65.9 Å². The molecule has 2 heterocycles. The van der Waals surface area contributed by atoms with Crippen molar-refractivity contribution in [3.8, 4) is 0 Å². The number of fused-ring (bicyclic) bond motifs is 1. The molecule has 2 aromatic carbocycles. The van der Waals surface area contributed by atoms with Crippen LogP contribution in [0.5, 0.6) is 0 Å². The summed E-state index contributed by atoms with van der Waals surface area (Å²) in [6, 6.07) is 16.4. The minimum Gasteiger partial charge on any atom is -0.360 e. The molecule has 0 aliphatic carbocycles. The van der Waals surface area contributed by atoms with Crippen LogP contribution in [0.2, 0.25) is 0 Å². The van der Waals surface area contributed by atoms with Crippen LogP contribution in [0.15, 0.2) is 64.8 Å². The fraction of sp³-hybridized carbons (Fsp3) is 0.111. The second kappa shape index (κ2) is 5.93. The molecule has 0 unspecified atom stereocenters. The van der Waals surface area contributed by atoms with Gasteiger partial charge in [-0.1, -0.05) is 47.7 Å². The van der Waals surface area contributed by atoms with E-state index in [2.05, 4.69) is 51.7 Å². The lowest BCUT2D eigenvalue weighted by molar-refractivity contribution is 1.03. The minimum absolute atomic E-state index is 0.805. The van der Waals surface area contributed by atoms with E-state index in [0.717, 1.165) is 33.4 Å². The van der Waals surface area contributed by atoms with Crippen LogP contribution < -0.4 is 5.43 Å². The number of thioether (sulfide) groups is 1. The lowest BCUT2D eigenvalue weighted by atomic mass is 10.1. The number of aromatic amines is 1. The van der Waals surface area contributed by atoms with Gasteiger partial charge in [0.15, 0.2) is 5.17 Å². The highest BCUT2D eigenvalue weighted by atomic mass is 32.2. The molecule has 3 aromatic rings. The molecule has 0 spiro atoms. The summed E-state index contributed by atoms with van der Waals surface area (Å²) in [6.45, 7) is 2.07. The summed E-state index contributed by atoms with van der Waals surface area (Å²) in [5.41, 5.74) is 8.57. The second-order valence-corrected chi connectivity index (χ2v) is 6.42. The van der Waals surface area contributed by atoms with Crippen LogP contribution in [0, 0.1) is 6.92 Å². The number of aliphatic imine (C=N–C) groups is 1. The quantitative estimate of drug-likeness (QED) is 0.743. The predicted octanol–water partition coefficient (Wildman–Crippen LogP) is 4.20. The molecule has 114 valence electrons. The summed E-state index contributed by atoms with van der Waals surface area (Å²) in [5.74, 6) is 0.805. The molecular formula is C18H16N4S. The zero-order valence-corrected chi connectivity index (χ0v) is 13.5. The van der Waals surface area contributed by atoms with Gasteiger partial charge >= 0.3 is 0 Å². The average Bonchev–Trinajstić information content (AvgIpc) is 3.02. The fourth-order valence-electron chi connectivity index (χ4n) is 2.56. The second-order valence-electron chi connectivity index (χ2n) is 5.46. The summed E-state index contributed by atoms with van der Waals surface area (Å²) in [4.78, 5) is 7.88. The molecule has 0 saturated carbocycles. The number of para-hydroxylation sites is 1. The maximum Gasteiger partial charge on any atom is 0.182 e. The van der Waals surface area contributed by atoms with Gasteiger partial charge in [0.25, 0.3) is 0 Å². The van der Waals surface area contributed by atoms with Crippen molar-refractivity contribution in [1.82, 2.24) is 10.4 Å². The molecule has 23 heavy (non-hydrogen) atoms. The van der Waals surface area contributed by atoms with Crippen LogP contribution in [-0.4, -0.2) is 21.6 Å². The van der Waals surface area contributed by atoms with E-state index in [4.69, 9.17) is 0 Å². The molecule has 4 nitrogen and oxygen atoms in total. The highest BCUT2D eigenvalue weighted by molar-refractivity contribution is 8.14. The smallest absolute Gasteiger partial charge is 0.182 e. The van der Waals surface area contributed by atoms with Crippen molar-refractivity contribution in [2.45, 2.75) is 6.92 Å². The number of aromatic nitrogens is 1. The third kappa shape index (κ3) is 2.87. The molecule has 4 rings (SSSR count). The van der Waals surface area contributed by atoms with E-state index in [1.807, 2.05) is 30.5 Å². The van der Waals surface area contributed by atoms with Crippen LogP contribution in [-0.2, 0) is 0 Å². The van der Waals surface area contributed by atoms with Crippen molar-refractivity contribution in [2.24, 2.45) is 10.1 Å². The number of amidine groups is 1. The zero-order valence-electron chi connectivity index (χ0n) is 12.7. The first kappa shape index (κ1) is 14.1. The first-order valence-corrected chi connectivity index (χ1v) is 8.45. The van der Waals surface area contributed by atoms with Gasteiger partial charge in [0.1, 0.15) is 0 Å². The Morgan fingerprint density at radius 2 is 1.91 bits per heavy atom. The number of nitrogens with one attached hydrogen (secondary N) is 2. The minimum atomic E-state index is 0.805. The Morgan fingerprint density at radius 1 is 1.09 bits per heavy atom. The van der Waals surface area contributed by atoms with Crippen LogP contribution in [0.3, 0.4) is 0 Å². The number of benzene rings is 2. The highest BCUT2D eigenvalue weighted by Gasteiger charge is 2.16. The van der Waals surface area contributed by atoms with E-state index < -0.39 is 0 Å². The normalized spacial score (nSPS) is 16.4. The Kier molecular flexibility index (Phi) is 3.63. The van der Waals surface area contributed by atoms with Crippen LogP contribution in [0.4, 0.5) is 5.69 Å². The summed E-state index contributed by atoms with van der Waals surface area (Å²) in [6.07, 6.45) is 2.02. The lowest BCUT2D eigenvalue weighted by Crippen LogP contribution is -2.25. The fourth-order valence-corrected chi connectivity index (χ4v) is 3.33. The molecule has 0 bridgehead atoms. The Balaban J connectivity index is 1.58. The standard InChI is InChI=1S/C18H16N4S/c1-12-6-8-13(9-7-12)20-18-22-21-17(11-23-18)15-10-19-16-5-3-2-4-14(15)16/h2-10,19H,11H2,1H3,(H,20,22). The molecule has 0 radical (unpaired) electrons. The van der Waals surface area contributed by atoms with Gasteiger partial charge in [-0.05, 0) is 25.1 Å². The molecule has 5 heteroatoms. The van der Waals surface area contributed by atoms with Crippen LogP contribution in [0.25, 0.3) is 10.9 Å². The molecule has 0 saturated heterocycles. The van der Waals surface area contributed by atoms with Crippen molar-refractivity contribution < 1.29 is 0 Å². The maximum atomic E-state index is 4.59. The maximum absolute atomic E-state index is 4.59. The lowest BCUT2D eigenvalue weighted by Gasteiger charge is -2.14.